The van der Waals surface area contributed by atoms with Crippen molar-refractivity contribution in [3.8, 4) is 0 Å². The van der Waals surface area contributed by atoms with Crippen LogP contribution in [0.25, 0.3) is 0 Å². The topological polar surface area (TPSA) is 24.9 Å². The number of hydrogen-bond donors (Lipinski definition) is 1. The number of rotatable bonds is 5. The predicted octanol–water partition coefficient (Wildman–Crippen LogP) is 4.89. The Balaban J connectivity index is 2.24. The lowest BCUT2D eigenvalue weighted by molar-refractivity contribution is 0.537. The number of halogens is 3. The number of benzene rings is 1. The Bertz CT molecular complexity index is 573. The van der Waals surface area contributed by atoms with Crippen LogP contribution in [0.4, 0.5) is 0 Å². The number of hydrogen-bond acceptors (Lipinski definition) is 2. The van der Waals surface area contributed by atoms with Crippen molar-refractivity contribution >= 4 is 45.8 Å². The van der Waals surface area contributed by atoms with E-state index in [1.54, 1.807) is 12.3 Å². The predicted molar refractivity (Wildman–Crippen MR) is 93.5 cm³/mol. The second-order valence-electron chi connectivity index (χ2n) is 4.46. The van der Waals surface area contributed by atoms with Gasteiger partial charge in [0.2, 0.25) is 0 Å². The second-order valence-corrected chi connectivity index (χ2v) is 6.55. The molecular weight excluding hydrogens is 406 g/mol. The molecule has 1 atom stereocenters. The van der Waals surface area contributed by atoms with E-state index in [-0.39, 0.29) is 6.04 Å². The summed E-state index contributed by atoms with van der Waals surface area (Å²) in [4.78, 5) is 4.38. The van der Waals surface area contributed by atoms with Gasteiger partial charge in [0.05, 0.1) is 21.8 Å². The van der Waals surface area contributed by atoms with Gasteiger partial charge in [-0.15, -0.1) is 0 Å². The van der Waals surface area contributed by atoms with Crippen LogP contribution in [0.1, 0.15) is 24.2 Å². The molecule has 1 aromatic heterocycles. The van der Waals surface area contributed by atoms with Crippen molar-refractivity contribution in [1.82, 2.24) is 10.3 Å². The number of likely N-dealkylation sites (N-methyl/N-ethyl adjacent to an activating group) is 1. The molecular formula is C15H15Cl2IN2. The fourth-order valence-electron chi connectivity index (χ4n) is 2.05. The van der Waals surface area contributed by atoms with Gasteiger partial charge < -0.3 is 5.32 Å². The van der Waals surface area contributed by atoms with Crippen LogP contribution >= 0.6 is 45.8 Å². The molecule has 2 aromatic rings. The van der Waals surface area contributed by atoms with Gasteiger partial charge in [-0.25, -0.2) is 0 Å². The Morgan fingerprint density at radius 3 is 2.55 bits per heavy atom. The first-order chi connectivity index (χ1) is 9.60. The van der Waals surface area contributed by atoms with Gasteiger partial charge in [-0.1, -0.05) is 42.3 Å². The molecule has 0 aliphatic carbocycles. The molecule has 0 saturated carbocycles. The lowest BCUT2D eigenvalue weighted by atomic mass is 10.0. The first kappa shape index (κ1) is 16.0. The third-order valence-corrected chi connectivity index (χ3v) is 4.20. The molecule has 0 amide bonds. The molecule has 0 bridgehead atoms. The van der Waals surface area contributed by atoms with E-state index < -0.39 is 0 Å². The Hall–Kier alpha value is -0.360. The Morgan fingerprint density at radius 2 is 1.95 bits per heavy atom. The monoisotopic (exact) mass is 420 g/mol. The van der Waals surface area contributed by atoms with Crippen LogP contribution in [-0.4, -0.2) is 11.5 Å². The van der Waals surface area contributed by atoms with Crippen LogP contribution in [0.2, 0.25) is 10.0 Å². The molecule has 1 unspecified atom stereocenters. The fourth-order valence-corrected chi connectivity index (χ4v) is 2.92. The molecule has 1 N–H and O–H groups in total. The number of nitrogens with zero attached hydrogens (tertiary/aromatic N) is 1. The first-order valence-electron chi connectivity index (χ1n) is 6.39. The minimum absolute atomic E-state index is 0.0878. The van der Waals surface area contributed by atoms with Crippen LogP contribution < -0.4 is 5.32 Å². The van der Waals surface area contributed by atoms with E-state index in [1.165, 1.54) is 9.13 Å². The molecule has 0 spiro atoms. The molecule has 5 heteroatoms. The van der Waals surface area contributed by atoms with Crippen molar-refractivity contribution in [3.05, 3.63) is 61.4 Å². The fraction of sp³-hybridized carbons (Fsp3) is 0.267. The molecule has 20 heavy (non-hydrogen) atoms. The maximum atomic E-state index is 6.26. The SMILES string of the molecule is CCNC(Cc1ccc(I)cc1)c1ncc(Cl)cc1Cl. The third kappa shape index (κ3) is 4.32. The molecule has 0 aliphatic rings. The summed E-state index contributed by atoms with van der Waals surface area (Å²) in [5.41, 5.74) is 2.10. The van der Waals surface area contributed by atoms with Crippen LogP contribution in [0, 0.1) is 3.57 Å². The standard InChI is InChI=1S/C15H15Cl2IN2/c1-2-19-14(7-10-3-5-12(18)6-4-10)15-13(17)8-11(16)9-20-15/h3-6,8-9,14,19H,2,7H2,1H3. The maximum Gasteiger partial charge on any atom is 0.0763 e. The molecule has 2 rings (SSSR count). The van der Waals surface area contributed by atoms with E-state index in [0.717, 1.165) is 18.7 Å². The van der Waals surface area contributed by atoms with Gasteiger partial charge in [0.25, 0.3) is 0 Å². The number of nitrogens with one attached hydrogen (secondary N) is 1. The normalized spacial score (nSPS) is 12.4. The lowest BCUT2D eigenvalue weighted by Crippen LogP contribution is -2.24. The quantitative estimate of drug-likeness (QED) is 0.696. The summed E-state index contributed by atoms with van der Waals surface area (Å²) in [6.07, 6.45) is 2.49. The van der Waals surface area contributed by atoms with Crippen molar-refractivity contribution in [1.29, 1.82) is 0 Å². The number of pyridine rings is 1. The maximum absolute atomic E-state index is 6.26. The van der Waals surface area contributed by atoms with Crippen LogP contribution in [-0.2, 0) is 6.42 Å². The second kappa shape index (κ2) is 7.59. The molecule has 1 aromatic carbocycles. The third-order valence-electron chi connectivity index (χ3n) is 2.97. The minimum atomic E-state index is 0.0878. The van der Waals surface area contributed by atoms with Crippen molar-refractivity contribution in [2.45, 2.75) is 19.4 Å². The van der Waals surface area contributed by atoms with E-state index in [2.05, 4.69) is 64.1 Å². The Kier molecular flexibility index (Phi) is 6.08. The van der Waals surface area contributed by atoms with E-state index >= 15 is 0 Å². The summed E-state index contributed by atoms with van der Waals surface area (Å²) in [5, 5.41) is 4.59. The summed E-state index contributed by atoms with van der Waals surface area (Å²) in [6.45, 7) is 2.93. The molecule has 0 aliphatic heterocycles. The largest absolute Gasteiger partial charge is 0.309 e. The average Bonchev–Trinajstić information content (AvgIpc) is 2.41. The van der Waals surface area contributed by atoms with Crippen LogP contribution in [0.15, 0.2) is 36.5 Å². The summed E-state index contributed by atoms with van der Waals surface area (Å²) >= 11 is 14.5. The van der Waals surface area contributed by atoms with Crippen molar-refractivity contribution in [2.24, 2.45) is 0 Å². The highest BCUT2D eigenvalue weighted by Gasteiger charge is 2.16. The summed E-state index contributed by atoms with van der Waals surface area (Å²) in [7, 11) is 0. The van der Waals surface area contributed by atoms with Gasteiger partial charge in [-0.2, -0.15) is 0 Å². The zero-order valence-corrected chi connectivity index (χ0v) is 14.7. The molecule has 1 heterocycles. The van der Waals surface area contributed by atoms with Gasteiger partial charge >= 0.3 is 0 Å². The van der Waals surface area contributed by atoms with Crippen LogP contribution in [0.3, 0.4) is 0 Å². The lowest BCUT2D eigenvalue weighted by Gasteiger charge is -2.19. The van der Waals surface area contributed by atoms with E-state index in [9.17, 15) is 0 Å². The molecule has 0 fully saturated rings. The van der Waals surface area contributed by atoms with Crippen molar-refractivity contribution in [2.75, 3.05) is 6.54 Å². The Morgan fingerprint density at radius 1 is 1.25 bits per heavy atom. The highest BCUT2D eigenvalue weighted by atomic mass is 127. The van der Waals surface area contributed by atoms with E-state index in [4.69, 9.17) is 23.2 Å². The van der Waals surface area contributed by atoms with Gasteiger partial charge in [0, 0.05) is 9.77 Å². The minimum Gasteiger partial charge on any atom is -0.309 e. The van der Waals surface area contributed by atoms with Crippen LogP contribution in [0.5, 0.6) is 0 Å². The molecule has 0 saturated heterocycles. The zero-order chi connectivity index (χ0) is 14.5. The van der Waals surface area contributed by atoms with Crippen molar-refractivity contribution < 1.29 is 0 Å². The molecule has 106 valence electrons. The first-order valence-corrected chi connectivity index (χ1v) is 8.22. The number of aromatic nitrogens is 1. The van der Waals surface area contributed by atoms with Gasteiger partial charge in [-0.05, 0) is 59.3 Å². The zero-order valence-electron chi connectivity index (χ0n) is 11.0. The summed E-state index contributed by atoms with van der Waals surface area (Å²) in [6, 6.07) is 10.3. The molecule has 2 nitrogen and oxygen atoms in total. The highest BCUT2D eigenvalue weighted by molar-refractivity contribution is 14.1. The summed E-state index contributed by atoms with van der Waals surface area (Å²) < 4.78 is 1.23. The molecule has 0 radical (unpaired) electrons. The Labute approximate surface area is 143 Å². The highest BCUT2D eigenvalue weighted by Crippen LogP contribution is 2.26. The van der Waals surface area contributed by atoms with Gasteiger partial charge in [-0.3, -0.25) is 4.98 Å². The average molecular weight is 421 g/mol. The van der Waals surface area contributed by atoms with E-state index in [0.29, 0.717) is 10.0 Å². The van der Waals surface area contributed by atoms with Gasteiger partial charge in [0.1, 0.15) is 0 Å². The smallest absolute Gasteiger partial charge is 0.0763 e. The van der Waals surface area contributed by atoms with Gasteiger partial charge in [0.15, 0.2) is 0 Å². The van der Waals surface area contributed by atoms with Crippen molar-refractivity contribution in [3.63, 3.8) is 0 Å². The van der Waals surface area contributed by atoms with E-state index in [1.807, 2.05) is 0 Å². The summed E-state index contributed by atoms with van der Waals surface area (Å²) in [5.74, 6) is 0.